The van der Waals surface area contributed by atoms with E-state index in [4.69, 9.17) is 0 Å². The second-order valence-corrected chi connectivity index (χ2v) is 3.34. The van der Waals surface area contributed by atoms with Gasteiger partial charge < -0.3 is 15.3 Å². The van der Waals surface area contributed by atoms with Gasteiger partial charge in [-0.25, -0.2) is 0 Å². The smallest absolute Gasteiger partial charge is 0.0705 e. The molecule has 3 nitrogen and oxygen atoms in total. The van der Waals surface area contributed by atoms with Gasteiger partial charge >= 0.3 is 0 Å². The first-order chi connectivity index (χ1) is 5.24. The van der Waals surface area contributed by atoms with Gasteiger partial charge in [-0.2, -0.15) is 0 Å². The molecule has 1 saturated heterocycles. The van der Waals surface area contributed by atoms with E-state index in [-0.39, 0.29) is 6.10 Å². The Morgan fingerprint density at radius 3 is 2.64 bits per heavy atom. The highest BCUT2D eigenvalue weighted by molar-refractivity contribution is 4.79. The zero-order valence-corrected chi connectivity index (χ0v) is 7.38. The monoisotopic (exact) mass is 158 g/mol. The van der Waals surface area contributed by atoms with E-state index in [1.807, 2.05) is 7.05 Å². The summed E-state index contributed by atoms with van der Waals surface area (Å²) in [5.74, 6) is 0. The van der Waals surface area contributed by atoms with E-state index >= 15 is 0 Å². The van der Waals surface area contributed by atoms with Crippen molar-refractivity contribution in [2.75, 3.05) is 27.2 Å². The molecule has 0 aliphatic carbocycles. The molecule has 11 heavy (non-hydrogen) atoms. The third-order valence-electron chi connectivity index (χ3n) is 2.46. The molecule has 1 aliphatic heterocycles. The van der Waals surface area contributed by atoms with Crippen LogP contribution in [0.4, 0.5) is 0 Å². The maximum absolute atomic E-state index is 9.58. The molecule has 0 bridgehead atoms. The van der Waals surface area contributed by atoms with Gasteiger partial charge in [0.2, 0.25) is 0 Å². The molecular formula is C8H18N2O. The molecule has 1 rings (SSSR count). The molecule has 0 spiro atoms. The first kappa shape index (κ1) is 8.97. The normalized spacial score (nSPS) is 35.2. The van der Waals surface area contributed by atoms with Crippen LogP contribution in [0, 0.1) is 0 Å². The van der Waals surface area contributed by atoms with Gasteiger partial charge in [-0.05, 0) is 33.5 Å². The summed E-state index contributed by atoms with van der Waals surface area (Å²) < 4.78 is 0. The van der Waals surface area contributed by atoms with E-state index < -0.39 is 0 Å². The molecular weight excluding hydrogens is 140 g/mol. The fraction of sp³-hybridized carbons (Fsp3) is 1.00. The van der Waals surface area contributed by atoms with E-state index in [2.05, 4.69) is 17.3 Å². The summed E-state index contributed by atoms with van der Waals surface area (Å²) in [6, 6.07) is 0.292. The van der Waals surface area contributed by atoms with Crippen LogP contribution in [0.2, 0.25) is 0 Å². The number of nitrogens with one attached hydrogen (secondary N) is 1. The summed E-state index contributed by atoms with van der Waals surface area (Å²) in [6.07, 6.45) is 1.78. The van der Waals surface area contributed by atoms with Crippen molar-refractivity contribution in [2.45, 2.75) is 25.0 Å². The van der Waals surface area contributed by atoms with Crippen LogP contribution in [0.3, 0.4) is 0 Å². The van der Waals surface area contributed by atoms with Crippen LogP contribution in [0.15, 0.2) is 0 Å². The maximum Gasteiger partial charge on any atom is 0.0705 e. The third-order valence-corrected chi connectivity index (χ3v) is 2.46. The zero-order chi connectivity index (χ0) is 8.27. The summed E-state index contributed by atoms with van der Waals surface area (Å²) in [6.45, 7) is 2.10. The van der Waals surface area contributed by atoms with Crippen molar-refractivity contribution in [3.8, 4) is 0 Å². The molecule has 0 aromatic heterocycles. The molecule has 66 valence electrons. The quantitative estimate of drug-likeness (QED) is 0.548. The van der Waals surface area contributed by atoms with Crippen molar-refractivity contribution in [3.05, 3.63) is 0 Å². The minimum Gasteiger partial charge on any atom is -0.391 e. The number of aliphatic hydroxyl groups is 1. The molecule has 2 N–H and O–H groups in total. The van der Waals surface area contributed by atoms with E-state index in [1.54, 1.807) is 0 Å². The first-order valence-electron chi connectivity index (χ1n) is 4.28. The zero-order valence-electron chi connectivity index (χ0n) is 7.38. The number of rotatable bonds is 1. The Bertz CT molecular complexity index is 119. The maximum atomic E-state index is 9.58. The lowest BCUT2D eigenvalue weighted by atomic mass is 10.1. The Kier molecular flexibility index (Phi) is 3.30. The Labute approximate surface area is 68.4 Å². The Morgan fingerprint density at radius 2 is 2.00 bits per heavy atom. The van der Waals surface area contributed by atoms with Crippen LogP contribution in [0.25, 0.3) is 0 Å². The number of hydrogen-bond acceptors (Lipinski definition) is 3. The van der Waals surface area contributed by atoms with E-state index in [0.29, 0.717) is 6.04 Å². The predicted molar refractivity (Wildman–Crippen MR) is 45.6 cm³/mol. The fourth-order valence-electron chi connectivity index (χ4n) is 1.55. The van der Waals surface area contributed by atoms with Crippen molar-refractivity contribution >= 4 is 0 Å². The third kappa shape index (κ3) is 2.43. The molecule has 0 radical (unpaired) electrons. The predicted octanol–water partition coefficient (Wildman–Crippen LogP) is -0.339. The minimum absolute atomic E-state index is 0.162. The van der Waals surface area contributed by atoms with E-state index in [1.165, 1.54) is 0 Å². The number of likely N-dealkylation sites (tertiary alicyclic amines) is 1. The van der Waals surface area contributed by atoms with Gasteiger partial charge in [0.05, 0.1) is 6.10 Å². The molecule has 0 amide bonds. The highest BCUT2D eigenvalue weighted by Gasteiger charge is 2.21. The summed E-state index contributed by atoms with van der Waals surface area (Å²) in [5, 5.41) is 12.7. The lowest BCUT2D eigenvalue weighted by Crippen LogP contribution is -2.37. The van der Waals surface area contributed by atoms with Crippen molar-refractivity contribution < 1.29 is 5.11 Å². The van der Waals surface area contributed by atoms with Crippen molar-refractivity contribution in [1.29, 1.82) is 0 Å². The van der Waals surface area contributed by atoms with Crippen LogP contribution in [-0.4, -0.2) is 49.3 Å². The standard InChI is InChI=1S/C8H18N2O/c1-9-7-3-5-10(2)6-4-8(7)11/h7-9,11H,3-6H2,1-2H3/t7-,8+/m0/s1. The van der Waals surface area contributed by atoms with Gasteiger partial charge in [0, 0.05) is 12.6 Å². The lowest BCUT2D eigenvalue weighted by Gasteiger charge is -2.18. The highest BCUT2D eigenvalue weighted by atomic mass is 16.3. The molecule has 1 heterocycles. The Morgan fingerprint density at radius 1 is 1.36 bits per heavy atom. The lowest BCUT2D eigenvalue weighted by molar-refractivity contribution is 0.126. The average molecular weight is 158 g/mol. The second-order valence-electron chi connectivity index (χ2n) is 3.34. The Hall–Kier alpha value is -0.120. The van der Waals surface area contributed by atoms with Crippen molar-refractivity contribution in [3.63, 3.8) is 0 Å². The molecule has 0 aromatic rings. The summed E-state index contributed by atoms with van der Waals surface area (Å²) in [4.78, 5) is 2.26. The average Bonchev–Trinajstić information content (AvgIpc) is 2.15. The van der Waals surface area contributed by atoms with Crippen LogP contribution < -0.4 is 5.32 Å². The van der Waals surface area contributed by atoms with Gasteiger partial charge in [-0.3, -0.25) is 0 Å². The molecule has 0 unspecified atom stereocenters. The number of likely N-dealkylation sites (N-methyl/N-ethyl adjacent to an activating group) is 1. The van der Waals surface area contributed by atoms with E-state index in [0.717, 1.165) is 25.9 Å². The first-order valence-corrected chi connectivity index (χ1v) is 4.28. The number of nitrogens with zero attached hydrogens (tertiary/aromatic N) is 1. The van der Waals surface area contributed by atoms with Crippen LogP contribution in [-0.2, 0) is 0 Å². The SMILES string of the molecule is CN[C@H]1CCN(C)CC[C@H]1O. The molecule has 2 atom stereocenters. The fourth-order valence-corrected chi connectivity index (χ4v) is 1.55. The molecule has 1 fully saturated rings. The van der Waals surface area contributed by atoms with E-state index in [9.17, 15) is 5.11 Å². The van der Waals surface area contributed by atoms with Crippen LogP contribution in [0.5, 0.6) is 0 Å². The number of hydrogen-bond donors (Lipinski definition) is 2. The topological polar surface area (TPSA) is 35.5 Å². The molecule has 3 heteroatoms. The Balaban J connectivity index is 2.41. The van der Waals surface area contributed by atoms with Crippen LogP contribution >= 0.6 is 0 Å². The van der Waals surface area contributed by atoms with Gasteiger partial charge in [0.15, 0.2) is 0 Å². The summed E-state index contributed by atoms with van der Waals surface area (Å²) in [5.41, 5.74) is 0. The van der Waals surface area contributed by atoms with Crippen molar-refractivity contribution in [1.82, 2.24) is 10.2 Å². The molecule has 0 aromatic carbocycles. The van der Waals surface area contributed by atoms with Gasteiger partial charge in [0.1, 0.15) is 0 Å². The van der Waals surface area contributed by atoms with Gasteiger partial charge in [-0.1, -0.05) is 0 Å². The second kappa shape index (κ2) is 4.04. The molecule has 1 aliphatic rings. The summed E-state index contributed by atoms with van der Waals surface area (Å²) in [7, 11) is 4.02. The van der Waals surface area contributed by atoms with Gasteiger partial charge in [-0.15, -0.1) is 0 Å². The number of aliphatic hydroxyl groups excluding tert-OH is 1. The van der Waals surface area contributed by atoms with Gasteiger partial charge in [0.25, 0.3) is 0 Å². The van der Waals surface area contributed by atoms with Crippen LogP contribution in [0.1, 0.15) is 12.8 Å². The largest absolute Gasteiger partial charge is 0.391 e. The highest BCUT2D eigenvalue weighted by Crippen LogP contribution is 2.09. The van der Waals surface area contributed by atoms with Crippen molar-refractivity contribution in [2.24, 2.45) is 0 Å². The summed E-state index contributed by atoms with van der Waals surface area (Å²) >= 11 is 0. The minimum atomic E-state index is -0.162. The molecule has 0 saturated carbocycles.